The SMILES string of the molecule is Nc1[nH]c(=O)c(C(=O)O)c(-c2ccccc2OC2CCCC2)c1C(=O)O. The van der Waals surface area contributed by atoms with Crippen molar-refractivity contribution in [3.8, 4) is 16.9 Å². The minimum Gasteiger partial charge on any atom is -0.490 e. The molecule has 0 aliphatic heterocycles. The minimum absolute atomic E-state index is 0.0305. The van der Waals surface area contributed by atoms with E-state index in [1.165, 1.54) is 6.07 Å². The molecule has 1 heterocycles. The zero-order valence-corrected chi connectivity index (χ0v) is 13.8. The molecule has 0 spiro atoms. The number of pyridine rings is 1. The molecule has 8 heteroatoms. The second-order valence-electron chi connectivity index (χ2n) is 6.12. The highest BCUT2D eigenvalue weighted by Gasteiger charge is 2.29. The van der Waals surface area contributed by atoms with Crippen molar-refractivity contribution < 1.29 is 24.5 Å². The topological polar surface area (TPSA) is 143 Å². The summed E-state index contributed by atoms with van der Waals surface area (Å²) in [5.41, 5.74) is 3.52. The molecule has 1 saturated carbocycles. The van der Waals surface area contributed by atoms with E-state index in [4.69, 9.17) is 10.5 Å². The maximum absolute atomic E-state index is 12.2. The average Bonchev–Trinajstić information content (AvgIpc) is 3.06. The summed E-state index contributed by atoms with van der Waals surface area (Å²) in [6, 6.07) is 6.47. The standard InChI is InChI=1S/C18H18N2O6/c19-15-13(17(22)23)12(14(18(24)25)16(21)20-15)10-7-3-4-8-11(10)26-9-5-1-2-6-9/h3-4,7-9H,1-2,5-6H2,(H,22,23)(H,24,25)(H3,19,20,21). The Hall–Kier alpha value is -3.29. The van der Waals surface area contributed by atoms with Gasteiger partial charge in [-0.3, -0.25) is 4.79 Å². The molecule has 26 heavy (non-hydrogen) atoms. The van der Waals surface area contributed by atoms with Crippen molar-refractivity contribution in [1.82, 2.24) is 4.98 Å². The van der Waals surface area contributed by atoms with Crippen molar-refractivity contribution in [3.63, 3.8) is 0 Å². The van der Waals surface area contributed by atoms with Gasteiger partial charge in [0.15, 0.2) is 0 Å². The van der Waals surface area contributed by atoms with Crippen LogP contribution in [-0.2, 0) is 0 Å². The number of para-hydroxylation sites is 1. The van der Waals surface area contributed by atoms with Crippen molar-refractivity contribution in [2.75, 3.05) is 5.73 Å². The number of aromatic nitrogens is 1. The van der Waals surface area contributed by atoms with E-state index in [-0.39, 0.29) is 17.2 Å². The predicted octanol–water partition coefficient (Wildman–Crippen LogP) is 2.34. The highest BCUT2D eigenvalue weighted by molar-refractivity contribution is 6.08. The van der Waals surface area contributed by atoms with Gasteiger partial charge >= 0.3 is 11.9 Å². The Balaban J connectivity index is 2.28. The van der Waals surface area contributed by atoms with E-state index in [1.54, 1.807) is 18.2 Å². The number of aromatic amines is 1. The number of rotatable bonds is 5. The summed E-state index contributed by atoms with van der Waals surface area (Å²) in [4.78, 5) is 37.6. The number of H-pyrrole nitrogens is 1. The van der Waals surface area contributed by atoms with Crippen molar-refractivity contribution in [1.29, 1.82) is 0 Å². The fourth-order valence-electron chi connectivity index (χ4n) is 3.28. The van der Waals surface area contributed by atoms with E-state index in [1.807, 2.05) is 0 Å². The Morgan fingerprint density at radius 1 is 1.08 bits per heavy atom. The predicted molar refractivity (Wildman–Crippen MR) is 93.7 cm³/mol. The van der Waals surface area contributed by atoms with Crippen LogP contribution in [0.15, 0.2) is 29.1 Å². The molecule has 1 aliphatic rings. The molecule has 1 fully saturated rings. The highest BCUT2D eigenvalue weighted by atomic mass is 16.5. The first kappa shape index (κ1) is 17.5. The van der Waals surface area contributed by atoms with Crippen LogP contribution in [0.2, 0.25) is 0 Å². The second kappa shape index (κ2) is 6.91. The van der Waals surface area contributed by atoms with Gasteiger partial charge in [0.2, 0.25) is 0 Å². The van der Waals surface area contributed by atoms with Crippen LogP contribution in [-0.4, -0.2) is 33.2 Å². The first-order valence-electron chi connectivity index (χ1n) is 8.18. The number of hydrogen-bond donors (Lipinski definition) is 4. The summed E-state index contributed by atoms with van der Waals surface area (Å²) < 4.78 is 5.97. The third kappa shape index (κ3) is 3.13. The number of hydrogen-bond acceptors (Lipinski definition) is 5. The lowest BCUT2D eigenvalue weighted by atomic mass is 9.94. The van der Waals surface area contributed by atoms with E-state index in [9.17, 15) is 24.6 Å². The number of aromatic carboxylic acids is 2. The van der Waals surface area contributed by atoms with Crippen LogP contribution < -0.4 is 16.0 Å². The van der Waals surface area contributed by atoms with Crippen LogP contribution in [0.25, 0.3) is 11.1 Å². The molecule has 136 valence electrons. The van der Waals surface area contributed by atoms with Crippen molar-refractivity contribution in [2.45, 2.75) is 31.8 Å². The fourth-order valence-corrected chi connectivity index (χ4v) is 3.28. The van der Waals surface area contributed by atoms with Gasteiger partial charge in [0, 0.05) is 11.1 Å². The van der Waals surface area contributed by atoms with E-state index in [0.29, 0.717) is 5.75 Å². The van der Waals surface area contributed by atoms with Gasteiger partial charge < -0.3 is 25.7 Å². The zero-order valence-electron chi connectivity index (χ0n) is 13.8. The van der Waals surface area contributed by atoms with Crippen molar-refractivity contribution in [2.24, 2.45) is 0 Å². The number of anilines is 1. The van der Waals surface area contributed by atoms with Gasteiger partial charge in [-0.25, -0.2) is 9.59 Å². The quantitative estimate of drug-likeness (QED) is 0.642. The summed E-state index contributed by atoms with van der Waals surface area (Å²) in [7, 11) is 0. The van der Waals surface area contributed by atoms with Gasteiger partial charge in [-0.05, 0) is 31.7 Å². The summed E-state index contributed by atoms with van der Waals surface area (Å²) in [6.45, 7) is 0. The molecule has 2 aromatic rings. The third-order valence-electron chi connectivity index (χ3n) is 4.42. The van der Waals surface area contributed by atoms with Crippen molar-refractivity contribution in [3.05, 3.63) is 45.7 Å². The van der Waals surface area contributed by atoms with Gasteiger partial charge in [0.1, 0.15) is 22.7 Å². The van der Waals surface area contributed by atoms with Crippen LogP contribution in [0.5, 0.6) is 5.75 Å². The smallest absolute Gasteiger partial charge is 0.342 e. The molecule has 0 radical (unpaired) electrons. The summed E-state index contributed by atoms with van der Waals surface area (Å²) in [6.07, 6.45) is 3.77. The Bertz CT molecular complexity index is 928. The van der Waals surface area contributed by atoms with Crippen LogP contribution >= 0.6 is 0 Å². The first-order chi connectivity index (χ1) is 12.4. The van der Waals surface area contributed by atoms with Crippen LogP contribution in [0, 0.1) is 0 Å². The monoisotopic (exact) mass is 358 g/mol. The van der Waals surface area contributed by atoms with Gasteiger partial charge in [0.25, 0.3) is 5.56 Å². The van der Waals surface area contributed by atoms with Gasteiger partial charge in [-0.1, -0.05) is 18.2 Å². The molecule has 1 aliphatic carbocycles. The number of carboxylic acids is 2. The molecule has 0 saturated heterocycles. The van der Waals surface area contributed by atoms with Gasteiger partial charge in [0.05, 0.1) is 6.10 Å². The summed E-state index contributed by atoms with van der Waals surface area (Å²) >= 11 is 0. The van der Waals surface area contributed by atoms with E-state index in [0.717, 1.165) is 25.7 Å². The number of benzene rings is 1. The average molecular weight is 358 g/mol. The molecule has 5 N–H and O–H groups in total. The van der Waals surface area contributed by atoms with Crippen LogP contribution in [0.3, 0.4) is 0 Å². The largest absolute Gasteiger partial charge is 0.490 e. The molecule has 1 aromatic carbocycles. The Morgan fingerprint density at radius 2 is 1.69 bits per heavy atom. The van der Waals surface area contributed by atoms with Gasteiger partial charge in [-0.2, -0.15) is 0 Å². The summed E-state index contributed by atoms with van der Waals surface area (Å²) in [5.74, 6) is -3.06. The molecule has 0 atom stereocenters. The molecular weight excluding hydrogens is 340 g/mol. The van der Waals surface area contributed by atoms with Crippen molar-refractivity contribution >= 4 is 17.8 Å². The third-order valence-corrected chi connectivity index (χ3v) is 4.42. The Kier molecular flexibility index (Phi) is 4.66. The fraction of sp³-hybridized carbons (Fsp3) is 0.278. The molecule has 3 rings (SSSR count). The number of ether oxygens (including phenoxy) is 1. The first-order valence-corrected chi connectivity index (χ1v) is 8.18. The highest BCUT2D eigenvalue weighted by Crippen LogP contribution is 2.37. The number of nitrogens with two attached hydrogens (primary N) is 1. The Labute approximate surface area is 148 Å². The van der Waals surface area contributed by atoms with E-state index >= 15 is 0 Å². The molecule has 0 amide bonds. The normalized spacial score (nSPS) is 14.3. The zero-order chi connectivity index (χ0) is 18.8. The van der Waals surface area contributed by atoms with E-state index in [2.05, 4.69) is 4.98 Å². The Morgan fingerprint density at radius 3 is 2.31 bits per heavy atom. The molecule has 8 nitrogen and oxygen atoms in total. The maximum atomic E-state index is 12.2. The molecule has 1 aromatic heterocycles. The van der Waals surface area contributed by atoms with Crippen LogP contribution in [0.1, 0.15) is 46.4 Å². The molecular formula is C18H18N2O6. The number of carbonyl (C=O) groups is 2. The second-order valence-corrected chi connectivity index (χ2v) is 6.12. The van der Waals surface area contributed by atoms with Gasteiger partial charge in [-0.15, -0.1) is 0 Å². The van der Waals surface area contributed by atoms with Crippen LogP contribution in [0.4, 0.5) is 5.82 Å². The lowest BCUT2D eigenvalue weighted by Crippen LogP contribution is -2.24. The van der Waals surface area contributed by atoms with E-state index < -0.39 is 34.4 Å². The lowest BCUT2D eigenvalue weighted by molar-refractivity contribution is 0.0695. The lowest BCUT2D eigenvalue weighted by Gasteiger charge is -2.19. The molecule has 0 bridgehead atoms. The summed E-state index contributed by atoms with van der Waals surface area (Å²) in [5, 5.41) is 19.0. The maximum Gasteiger partial charge on any atom is 0.342 e. The number of nitrogen functional groups attached to an aromatic ring is 1. The minimum atomic E-state index is -1.54. The molecule has 0 unspecified atom stereocenters. The number of carboxylic acid groups (broad SMARTS) is 2. The number of nitrogens with one attached hydrogen (secondary N) is 1.